The highest BCUT2D eigenvalue weighted by molar-refractivity contribution is 9.10. The Morgan fingerprint density at radius 1 is 1.10 bits per heavy atom. The van der Waals surface area contributed by atoms with Crippen molar-refractivity contribution in [2.24, 2.45) is 0 Å². The summed E-state index contributed by atoms with van der Waals surface area (Å²) >= 11 is 2.98. The van der Waals surface area contributed by atoms with Crippen LogP contribution in [0.3, 0.4) is 0 Å². The van der Waals surface area contributed by atoms with Crippen molar-refractivity contribution in [2.75, 3.05) is 6.54 Å². The highest BCUT2D eigenvalue weighted by atomic mass is 79.9. The van der Waals surface area contributed by atoms with E-state index >= 15 is 0 Å². The van der Waals surface area contributed by atoms with Crippen LogP contribution < -0.4 is 5.32 Å². The van der Waals surface area contributed by atoms with Crippen LogP contribution in [0.2, 0.25) is 0 Å². The van der Waals surface area contributed by atoms with Gasteiger partial charge in [-0.3, -0.25) is 4.79 Å². The van der Waals surface area contributed by atoms with Crippen molar-refractivity contribution in [3.05, 3.63) is 33.8 Å². The zero-order chi connectivity index (χ0) is 15.0. The van der Waals surface area contributed by atoms with Gasteiger partial charge in [0.1, 0.15) is 17.2 Å². The molecule has 0 aliphatic rings. The second-order valence-electron chi connectivity index (χ2n) is 4.77. The Balaban J connectivity index is 2.37. The molecule has 0 bridgehead atoms. The maximum absolute atomic E-state index is 13.5. The molecule has 1 rings (SSSR count). The Kier molecular flexibility index (Phi) is 7.73. The molecule has 0 heterocycles. The standard InChI is InChI=1S/C15H20BrF2NO/c1-2-3-4-5-6-7-8-19-15(20)14-12(17)9-11(16)10-13(14)18/h9-10H,2-8H2,1H3,(H,19,20). The molecule has 0 fully saturated rings. The van der Waals surface area contributed by atoms with Crippen molar-refractivity contribution >= 4 is 21.8 Å². The summed E-state index contributed by atoms with van der Waals surface area (Å²) < 4.78 is 27.4. The summed E-state index contributed by atoms with van der Waals surface area (Å²) in [4.78, 5) is 11.7. The molecule has 0 atom stereocenters. The summed E-state index contributed by atoms with van der Waals surface area (Å²) in [5.41, 5.74) is -0.515. The summed E-state index contributed by atoms with van der Waals surface area (Å²) in [7, 11) is 0. The maximum Gasteiger partial charge on any atom is 0.257 e. The van der Waals surface area contributed by atoms with Crippen molar-refractivity contribution in [1.82, 2.24) is 5.32 Å². The SMILES string of the molecule is CCCCCCCCNC(=O)c1c(F)cc(Br)cc1F. The molecule has 0 radical (unpaired) electrons. The zero-order valence-corrected chi connectivity index (χ0v) is 13.2. The molecule has 0 aliphatic heterocycles. The maximum atomic E-state index is 13.5. The number of benzene rings is 1. The molecule has 0 spiro atoms. The second-order valence-corrected chi connectivity index (χ2v) is 5.68. The van der Waals surface area contributed by atoms with E-state index in [2.05, 4.69) is 28.2 Å². The first kappa shape index (κ1) is 17.1. The fourth-order valence-electron chi connectivity index (χ4n) is 1.95. The number of rotatable bonds is 8. The molecule has 112 valence electrons. The van der Waals surface area contributed by atoms with Gasteiger partial charge in [-0.05, 0) is 18.6 Å². The van der Waals surface area contributed by atoms with Crippen molar-refractivity contribution in [3.63, 3.8) is 0 Å². The zero-order valence-electron chi connectivity index (χ0n) is 11.6. The minimum Gasteiger partial charge on any atom is -0.352 e. The van der Waals surface area contributed by atoms with Crippen molar-refractivity contribution in [1.29, 1.82) is 0 Å². The molecule has 5 heteroatoms. The molecule has 1 N–H and O–H groups in total. The van der Waals surface area contributed by atoms with Gasteiger partial charge in [-0.2, -0.15) is 0 Å². The quantitative estimate of drug-likeness (QED) is 0.671. The van der Waals surface area contributed by atoms with Gasteiger partial charge in [0.15, 0.2) is 0 Å². The first-order chi connectivity index (χ1) is 9.56. The van der Waals surface area contributed by atoms with E-state index in [0.717, 1.165) is 31.4 Å². The molecule has 1 amide bonds. The van der Waals surface area contributed by atoms with Gasteiger partial charge in [0, 0.05) is 11.0 Å². The summed E-state index contributed by atoms with van der Waals surface area (Å²) in [6.07, 6.45) is 6.59. The molecule has 0 unspecified atom stereocenters. The third-order valence-electron chi connectivity index (χ3n) is 3.05. The van der Waals surface area contributed by atoms with E-state index in [-0.39, 0.29) is 4.47 Å². The van der Waals surface area contributed by atoms with Gasteiger partial charge < -0.3 is 5.32 Å². The Morgan fingerprint density at radius 3 is 2.25 bits per heavy atom. The lowest BCUT2D eigenvalue weighted by Crippen LogP contribution is -2.26. The van der Waals surface area contributed by atoms with Crippen molar-refractivity contribution < 1.29 is 13.6 Å². The molecular weight excluding hydrogens is 328 g/mol. The van der Waals surface area contributed by atoms with Crippen LogP contribution in [0.5, 0.6) is 0 Å². The van der Waals surface area contributed by atoms with Gasteiger partial charge in [-0.15, -0.1) is 0 Å². The van der Waals surface area contributed by atoms with Crippen molar-refractivity contribution in [2.45, 2.75) is 45.4 Å². The summed E-state index contributed by atoms with van der Waals surface area (Å²) in [5, 5.41) is 2.56. The average Bonchev–Trinajstić information content (AvgIpc) is 2.36. The van der Waals surface area contributed by atoms with Gasteiger partial charge in [0.05, 0.1) is 0 Å². The number of nitrogens with one attached hydrogen (secondary N) is 1. The van der Waals surface area contributed by atoms with E-state index in [9.17, 15) is 13.6 Å². The topological polar surface area (TPSA) is 29.1 Å². The van der Waals surface area contributed by atoms with E-state index < -0.39 is 23.1 Å². The highest BCUT2D eigenvalue weighted by Gasteiger charge is 2.17. The minimum absolute atomic E-state index is 0.278. The normalized spacial score (nSPS) is 10.6. The highest BCUT2D eigenvalue weighted by Crippen LogP contribution is 2.19. The third-order valence-corrected chi connectivity index (χ3v) is 3.51. The largest absolute Gasteiger partial charge is 0.352 e. The van der Waals surface area contributed by atoms with E-state index in [1.165, 1.54) is 19.3 Å². The predicted octanol–water partition coefficient (Wildman–Crippen LogP) is 4.82. The number of unbranched alkanes of at least 4 members (excludes halogenated alkanes) is 5. The van der Waals surface area contributed by atoms with Crippen LogP contribution in [0, 0.1) is 11.6 Å². The number of hydrogen-bond acceptors (Lipinski definition) is 1. The van der Waals surface area contributed by atoms with Crippen LogP contribution in [0.15, 0.2) is 16.6 Å². The average molecular weight is 348 g/mol. The number of carbonyl (C=O) groups is 1. The molecule has 2 nitrogen and oxygen atoms in total. The Bertz CT molecular complexity index is 428. The fourth-order valence-corrected chi connectivity index (χ4v) is 2.36. The van der Waals surface area contributed by atoms with Crippen LogP contribution in [0.1, 0.15) is 55.8 Å². The van der Waals surface area contributed by atoms with Crippen LogP contribution >= 0.6 is 15.9 Å². The molecule has 0 aliphatic carbocycles. The third kappa shape index (κ3) is 5.57. The molecule has 0 saturated heterocycles. The molecule has 1 aromatic carbocycles. The van der Waals surface area contributed by atoms with Gasteiger partial charge in [0.25, 0.3) is 5.91 Å². The first-order valence-electron chi connectivity index (χ1n) is 6.99. The summed E-state index contributed by atoms with van der Waals surface area (Å²) in [5.74, 6) is -2.39. The smallest absolute Gasteiger partial charge is 0.257 e. The number of halogens is 3. The van der Waals surface area contributed by atoms with E-state index in [1.807, 2.05) is 0 Å². The Hall–Kier alpha value is -0.970. The Labute approximate surface area is 127 Å². The lowest BCUT2D eigenvalue weighted by molar-refractivity contribution is 0.0944. The van der Waals surface area contributed by atoms with Crippen LogP contribution in [-0.2, 0) is 0 Å². The number of amides is 1. The van der Waals surface area contributed by atoms with Crippen LogP contribution in [0.25, 0.3) is 0 Å². The Morgan fingerprint density at radius 2 is 1.65 bits per heavy atom. The lowest BCUT2D eigenvalue weighted by atomic mass is 10.1. The van der Waals surface area contributed by atoms with Gasteiger partial charge in [-0.25, -0.2) is 8.78 Å². The van der Waals surface area contributed by atoms with Crippen LogP contribution in [0.4, 0.5) is 8.78 Å². The van der Waals surface area contributed by atoms with Crippen LogP contribution in [-0.4, -0.2) is 12.5 Å². The van der Waals surface area contributed by atoms with E-state index in [0.29, 0.717) is 6.54 Å². The molecule has 0 saturated carbocycles. The van der Waals surface area contributed by atoms with Crippen molar-refractivity contribution in [3.8, 4) is 0 Å². The van der Waals surface area contributed by atoms with E-state index in [1.54, 1.807) is 0 Å². The fraction of sp³-hybridized carbons (Fsp3) is 0.533. The lowest BCUT2D eigenvalue weighted by Gasteiger charge is -2.07. The van der Waals surface area contributed by atoms with Gasteiger partial charge in [-0.1, -0.05) is 55.0 Å². The summed E-state index contributed by atoms with van der Waals surface area (Å²) in [6, 6.07) is 2.17. The minimum atomic E-state index is -0.850. The predicted molar refractivity (Wildman–Crippen MR) is 79.8 cm³/mol. The second kappa shape index (κ2) is 9.06. The monoisotopic (exact) mass is 347 g/mol. The molecular formula is C15H20BrF2NO. The molecule has 0 aromatic heterocycles. The molecule has 1 aromatic rings. The summed E-state index contributed by atoms with van der Waals surface area (Å²) in [6.45, 7) is 2.60. The first-order valence-corrected chi connectivity index (χ1v) is 7.78. The van der Waals surface area contributed by atoms with E-state index in [4.69, 9.17) is 0 Å². The number of carbonyl (C=O) groups excluding carboxylic acids is 1. The van der Waals surface area contributed by atoms with Gasteiger partial charge in [0.2, 0.25) is 0 Å². The van der Waals surface area contributed by atoms with Gasteiger partial charge >= 0.3 is 0 Å². The molecule has 20 heavy (non-hydrogen) atoms. The number of hydrogen-bond donors (Lipinski definition) is 1.